The number of hydrogen-bond donors (Lipinski definition) is 0. The second kappa shape index (κ2) is 6.02. The molecule has 2 heterocycles. The number of esters is 1. The second-order valence-corrected chi connectivity index (χ2v) is 6.26. The normalized spacial score (nSPS) is 18.6. The average Bonchev–Trinajstić information content (AvgIpc) is 2.41. The molecule has 0 bridgehead atoms. The van der Waals surface area contributed by atoms with Gasteiger partial charge in [-0.2, -0.15) is 0 Å². The number of ether oxygens (including phenoxy) is 1. The molecule has 1 aromatic rings. The minimum absolute atomic E-state index is 0.0910. The number of aromatic nitrogens is 1. The first-order chi connectivity index (χ1) is 9.83. The van der Waals surface area contributed by atoms with Gasteiger partial charge in [0.2, 0.25) is 0 Å². The van der Waals surface area contributed by atoms with Crippen LogP contribution in [0.1, 0.15) is 36.8 Å². The van der Waals surface area contributed by atoms with Crippen LogP contribution in [0.15, 0.2) is 12.1 Å². The number of anilines is 1. The number of nitrogens with zero attached hydrogens (tertiary/aromatic N) is 3. The van der Waals surface area contributed by atoms with E-state index in [1.807, 2.05) is 13.0 Å². The highest BCUT2D eigenvalue weighted by atomic mass is 16.5. The summed E-state index contributed by atoms with van der Waals surface area (Å²) in [4.78, 5) is 21.0. The quantitative estimate of drug-likeness (QED) is 0.798. The second-order valence-electron chi connectivity index (χ2n) is 6.26. The maximum atomic E-state index is 11.9. The molecule has 5 heteroatoms. The Morgan fingerprint density at radius 3 is 2.71 bits per heavy atom. The van der Waals surface area contributed by atoms with Gasteiger partial charge in [0.1, 0.15) is 5.82 Å². The molecule has 0 amide bonds. The zero-order chi connectivity index (χ0) is 15.6. The predicted molar refractivity (Wildman–Crippen MR) is 83.9 cm³/mol. The Morgan fingerprint density at radius 2 is 2.10 bits per heavy atom. The van der Waals surface area contributed by atoms with Crippen LogP contribution >= 0.6 is 0 Å². The molecule has 1 aliphatic heterocycles. The smallest absolute Gasteiger partial charge is 0.357 e. The van der Waals surface area contributed by atoms with Gasteiger partial charge in [-0.25, -0.2) is 9.78 Å². The van der Waals surface area contributed by atoms with Crippen molar-refractivity contribution in [2.45, 2.75) is 33.2 Å². The van der Waals surface area contributed by atoms with Crippen molar-refractivity contribution < 1.29 is 9.53 Å². The maximum absolute atomic E-state index is 11.9. The fourth-order valence-corrected chi connectivity index (χ4v) is 2.56. The largest absolute Gasteiger partial charge is 0.461 e. The molecule has 0 saturated carbocycles. The van der Waals surface area contributed by atoms with Crippen molar-refractivity contribution in [2.24, 2.45) is 0 Å². The average molecular weight is 291 g/mol. The summed E-state index contributed by atoms with van der Waals surface area (Å²) in [6.45, 7) is 11.4. The summed E-state index contributed by atoms with van der Waals surface area (Å²) in [5, 5.41) is 0. The molecule has 0 unspecified atom stereocenters. The van der Waals surface area contributed by atoms with E-state index >= 15 is 0 Å². The highest BCUT2D eigenvalue weighted by Gasteiger charge is 2.31. The number of likely N-dealkylation sites (N-methyl/N-ethyl adjacent to an activating group) is 1. The van der Waals surface area contributed by atoms with Crippen LogP contribution in [0.4, 0.5) is 5.82 Å². The Labute approximate surface area is 126 Å². The van der Waals surface area contributed by atoms with Gasteiger partial charge in [-0.1, -0.05) is 0 Å². The minimum atomic E-state index is -0.351. The molecule has 0 spiro atoms. The lowest BCUT2D eigenvalue weighted by Gasteiger charge is -2.45. The minimum Gasteiger partial charge on any atom is -0.461 e. The van der Waals surface area contributed by atoms with E-state index < -0.39 is 0 Å². The van der Waals surface area contributed by atoms with Gasteiger partial charge in [0.05, 0.1) is 6.61 Å². The van der Waals surface area contributed by atoms with Crippen molar-refractivity contribution in [3.63, 3.8) is 0 Å². The fraction of sp³-hybridized carbons (Fsp3) is 0.625. The summed E-state index contributed by atoms with van der Waals surface area (Å²) >= 11 is 0. The number of pyridine rings is 1. The van der Waals surface area contributed by atoms with E-state index in [1.165, 1.54) is 0 Å². The summed E-state index contributed by atoms with van der Waals surface area (Å²) in [7, 11) is 2.14. The number of rotatable bonds is 3. The van der Waals surface area contributed by atoms with E-state index in [2.05, 4.69) is 35.7 Å². The van der Waals surface area contributed by atoms with Crippen LogP contribution in [0, 0.1) is 6.92 Å². The van der Waals surface area contributed by atoms with Gasteiger partial charge in [-0.3, -0.25) is 4.90 Å². The van der Waals surface area contributed by atoms with E-state index in [0.717, 1.165) is 31.0 Å². The van der Waals surface area contributed by atoms with Gasteiger partial charge < -0.3 is 9.64 Å². The molecule has 1 aromatic heterocycles. The molecule has 0 aromatic carbocycles. The predicted octanol–water partition coefficient (Wildman–Crippen LogP) is 2.10. The lowest BCUT2D eigenvalue weighted by molar-refractivity contribution is 0.0519. The number of piperazine rings is 1. The van der Waals surface area contributed by atoms with Crippen molar-refractivity contribution in [3.8, 4) is 0 Å². The fourth-order valence-electron chi connectivity index (χ4n) is 2.56. The number of hydrogen-bond acceptors (Lipinski definition) is 5. The van der Waals surface area contributed by atoms with E-state index in [1.54, 1.807) is 13.0 Å². The van der Waals surface area contributed by atoms with E-state index in [9.17, 15) is 4.79 Å². The molecule has 1 saturated heterocycles. The highest BCUT2D eigenvalue weighted by molar-refractivity contribution is 5.88. The lowest BCUT2D eigenvalue weighted by Crippen LogP contribution is -2.57. The summed E-state index contributed by atoms with van der Waals surface area (Å²) in [5.41, 5.74) is 1.51. The van der Waals surface area contributed by atoms with Crippen LogP contribution in [-0.4, -0.2) is 54.7 Å². The Bertz CT molecular complexity index is 528. The van der Waals surface area contributed by atoms with Crippen LogP contribution < -0.4 is 4.90 Å². The van der Waals surface area contributed by atoms with Gasteiger partial charge in [0.15, 0.2) is 5.69 Å². The molecule has 116 valence electrons. The van der Waals surface area contributed by atoms with Crippen molar-refractivity contribution in [3.05, 3.63) is 23.4 Å². The number of carbonyl (C=O) groups is 1. The highest BCUT2D eigenvalue weighted by Crippen LogP contribution is 2.24. The molecular formula is C16H25N3O2. The van der Waals surface area contributed by atoms with E-state index in [0.29, 0.717) is 12.3 Å². The first-order valence-electron chi connectivity index (χ1n) is 7.45. The van der Waals surface area contributed by atoms with E-state index in [-0.39, 0.29) is 11.5 Å². The van der Waals surface area contributed by atoms with Crippen LogP contribution in [0.2, 0.25) is 0 Å². The Morgan fingerprint density at radius 1 is 1.38 bits per heavy atom. The summed E-state index contributed by atoms with van der Waals surface area (Å²) in [5.74, 6) is 0.509. The van der Waals surface area contributed by atoms with Crippen molar-refractivity contribution in [2.75, 3.05) is 38.2 Å². The zero-order valence-corrected chi connectivity index (χ0v) is 13.6. The van der Waals surface area contributed by atoms with Crippen molar-refractivity contribution in [1.29, 1.82) is 0 Å². The molecule has 1 fully saturated rings. The first-order valence-corrected chi connectivity index (χ1v) is 7.45. The third-order valence-corrected chi connectivity index (χ3v) is 4.08. The molecule has 21 heavy (non-hydrogen) atoms. The van der Waals surface area contributed by atoms with Gasteiger partial charge in [0.25, 0.3) is 0 Å². The van der Waals surface area contributed by atoms with Gasteiger partial charge in [0, 0.05) is 25.2 Å². The van der Waals surface area contributed by atoms with Gasteiger partial charge in [-0.05, 0) is 52.4 Å². The third-order valence-electron chi connectivity index (χ3n) is 4.08. The van der Waals surface area contributed by atoms with Crippen molar-refractivity contribution >= 4 is 11.8 Å². The molecule has 0 atom stereocenters. The zero-order valence-electron chi connectivity index (χ0n) is 13.6. The number of carbonyl (C=O) groups excluding carboxylic acids is 1. The topological polar surface area (TPSA) is 45.7 Å². The maximum Gasteiger partial charge on any atom is 0.357 e. The number of aryl methyl sites for hydroxylation is 1. The van der Waals surface area contributed by atoms with E-state index in [4.69, 9.17) is 4.74 Å². The summed E-state index contributed by atoms with van der Waals surface area (Å²) in [6, 6.07) is 3.81. The third kappa shape index (κ3) is 3.53. The molecular weight excluding hydrogens is 266 g/mol. The SMILES string of the molecule is CCOC(=O)c1cc(C)cc(N2CCN(C)C(C)(C)C2)n1. The molecule has 5 nitrogen and oxygen atoms in total. The molecule has 0 aliphatic carbocycles. The van der Waals surface area contributed by atoms with Crippen LogP contribution in [0.3, 0.4) is 0 Å². The molecule has 0 radical (unpaired) electrons. The van der Waals surface area contributed by atoms with Crippen LogP contribution in [-0.2, 0) is 4.74 Å². The Hall–Kier alpha value is -1.62. The molecule has 0 N–H and O–H groups in total. The van der Waals surface area contributed by atoms with Gasteiger partial charge in [-0.15, -0.1) is 0 Å². The molecule has 1 aliphatic rings. The van der Waals surface area contributed by atoms with Crippen molar-refractivity contribution in [1.82, 2.24) is 9.88 Å². The Kier molecular flexibility index (Phi) is 4.52. The monoisotopic (exact) mass is 291 g/mol. The molecule has 2 rings (SSSR count). The van der Waals surface area contributed by atoms with Crippen LogP contribution in [0.25, 0.3) is 0 Å². The van der Waals surface area contributed by atoms with Gasteiger partial charge >= 0.3 is 5.97 Å². The standard InChI is InChI=1S/C16H25N3O2/c1-6-21-15(20)13-9-12(2)10-14(17-13)19-8-7-18(5)16(3,4)11-19/h9-10H,6-8,11H2,1-5H3. The summed E-state index contributed by atoms with van der Waals surface area (Å²) < 4.78 is 5.06. The Balaban J connectivity index is 2.26. The van der Waals surface area contributed by atoms with Crippen LogP contribution in [0.5, 0.6) is 0 Å². The lowest BCUT2D eigenvalue weighted by atomic mass is 9.99. The summed E-state index contributed by atoms with van der Waals surface area (Å²) in [6.07, 6.45) is 0. The first kappa shape index (κ1) is 15.8.